The first kappa shape index (κ1) is 11.6. The normalized spacial score (nSPS) is 10.6. The minimum atomic E-state index is 0.485. The minimum absolute atomic E-state index is 0.485. The number of fused-ring (bicyclic) bond motifs is 1. The van der Waals surface area contributed by atoms with Gasteiger partial charge in [0.05, 0.1) is 18.0 Å². The van der Waals surface area contributed by atoms with E-state index in [4.69, 9.17) is 9.47 Å². The van der Waals surface area contributed by atoms with E-state index < -0.39 is 0 Å². The van der Waals surface area contributed by atoms with E-state index in [2.05, 4.69) is 10.2 Å². The van der Waals surface area contributed by atoms with Crippen molar-refractivity contribution in [2.45, 2.75) is 6.61 Å². The summed E-state index contributed by atoms with van der Waals surface area (Å²) in [5.74, 6) is 1.47. The van der Waals surface area contributed by atoms with Gasteiger partial charge in [-0.25, -0.2) is 0 Å². The lowest BCUT2D eigenvalue weighted by atomic mass is 10.2. The fourth-order valence-electron chi connectivity index (χ4n) is 1.92. The third-order valence-corrected chi connectivity index (χ3v) is 2.97. The summed E-state index contributed by atoms with van der Waals surface area (Å²) < 4.78 is 10.9. The Labute approximate surface area is 111 Å². The maximum Gasteiger partial charge on any atom is 0.240 e. The molecule has 19 heavy (non-hydrogen) atoms. The zero-order chi connectivity index (χ0) is 13.1. The van der Waals surface area contributed by atoms with Gasteiger partial charge in [0.1, 0.15) is 12.4 Å². The first-order valence-corrected chi connectivity index (χ1v) is 6.05. The average molecular weight is 254 g/mol. The molecule has 0 aliphatic rings. The van der Waals surface area contributed by atoms with Crippen molar-refractivity contribution in [3.05, 3.63) is 54.1 Å². The van der Waals surface area contributed by atoms with Gasteiger partial charge >= 0.3 is 0 Å². The summed E-state index contributed by atoms with van der Waals surface area (Å²) in [7, 11) is 1.65. The Morgan fingerprint density at radius 2 is 1.84 bits per heavy atom. The Bertz CT molecular complexity index is 674. The van der Waals surface area contributed by atoms with E-state index in [1.165, 1.54) is 0 Å². The number of benzene rings is 2. The van der Waals surface area contributed by atoms with E-state index in [1.54, 1.807) is 7.11 Å². The zero-order valence-electron chi connectivity index (χ0n) is 10.6. The molecule has 0 unspecified atom stereocenters. The number of para-hydroxylation sites is 1. The summed E-state index contributed by atoms with van der Waals surface area (Å²) in [6.45, 7) is 0.485. The van der Waals surface area contributed by atoms with Gasteiger partial charge in [0.2, 0.25) is 5.88 Å². The van der Waals surface area contributed by atoms with Gasteiger partial charge in [0.25, 0.3) is 0 Å². The average Bonchev–Trinajstić information content (AvgIpc) is 2.89. The molecule has 96 valence electrons. The molecular weight excluding hydrogens is 240 g/mol. The molecule has 0 fully saturated rings. The van der Waals surface area contributed by atoms with Gasteiger partial charge in [-0.05, 0) is 29.8 Å². The molecule has 0 amide bonds. The molecule has 0 aliphatic carbocycles. The monoisotopic (exact) mass is 254 g/mol. The van der Waals surface area contributed by atoms with Crippen LogP contribution in [0.25, 0.3) is 10.9 Å². The van der Waals surface area contributed by atoms with E-state index >= 15 is 0 Å². The molecule has 2 aromatic carbocycles. The van der Waals surface area contributed by atoms with Crippen molar-refractivity contribution in [1.29, 1.82) is 0 Å². The van der Waals surface area contributed by atoms with Crippen LogP contribution >= 0.6 is 0 Å². The highest BCUT2D eigenvalue weighted by Gasteiger charge is 2.05. The molecule has 0 spiro atoms. The Kier molecular flexibility index (Phi) is 3.06. The van der Waals surface area contributed by atoms with Crippen LogP contribution < -0.4 is 9.47 Å². The van der Waals surface area contributed by atoms with Crippen molar-refractivity contribution in [3.8, 4) is 11.6 Å². The number of rotatable bonds is 4. The van der Waals surface area contributed by atoms with E-state index in [-0.39, 0.29) is 0 Å². The van der Waals surface area contributed by atoms with Gasteiger partial charge < -0.3 is 9.47 Å². The highest BCUT2D eigenvalue weighted by atomic mass is 16.5. The maximum atomic E-state index is 5.74. The smallest absolute Gasteiger partial charge is 0.240 e. The topological polar surface area (TPSA) is 47.1 Å². The summed E-state index contributed by atoms with van der Waals surface area (Å²) in [6, 6.07) is 15.7. The number of aromatic nitrogens is 2. The maximum absolute atomic E-state index is 5.74. The first-order valence-electron chi connectivity index (χ1n) is 6.05. The van der Waals surface area contributed by atoms with Gasteiger partial charge in [-0.3, -0.25) is 5.10 Å². The second-order valence-corrected chi connectivity index (χ2v) is 4.21. The van der Waals surface area contributed by atoms with Crippen LogP contribution in [0.4, 0.5) is 0 Å². The Morgan fingerprint density at radius 1 is 1.05 bits per heavy atom. The molecule has 0 bridgehead atoms. The van der Waals surface area contributed by atoms with Crippen LogP contribution in [0.2, 0.25) is 0 Å². The van der Waals surface area contributed by atoms with Gasteiger partial charge in [-0.2, -0.15) is 0 Å². The summed E-state index contributed by atoms with van der Waals surface area (Å²) in [5, 5.41) is 8.12. The second kappa shape index (κ2) is 5.02. The highest BCUT2D eigenvalue weighted by Crippen LogP contribution is 2.22. The van der Waals surface area contributed by atoms with E-state index in [0.29, 0.717) is 12.5 Å². The van der Waals surface area contributed by atoms with Crippen LogP contribution in [0.3, 0.4) is 0 Å². The van der Waals surface area contributed by atoms with Crippen molar-refractivity contribution in [2.24, 2.45) is 0 Å². The van der Waals surface area contributed by atoms with Crippen LogP contribution in [0.1, 0.15) is 5.56 Å². The number of nitrogens with zero attached hydrogens (tertiary/aromatic N) is 1. The first-order chi connectivity index (χ1) is 9.36. The van der Waals surface area contributed by atoms with Crippen LogP contribution in [-0.2, 0) is 6.61 Å². The SMILES string of the molecule is COc1ccc(COc2n[nH]c3ccccc23)cc1. The summed E-state index contributed by atoms with van der Waals surface area (Å²) >= 11 is 0. The van der Waals surface area contributed by atoms with E-state index in [9.17, 15) is 0 Å². The predicted octanol–water partition coefficient (Wildman–Crippen LogP) is 3.15. The van der Waals surface area contributed by atoms with Crippen LogP contribution in [0.5, 0.6) is 11.6 Å². The predicted molar refractivity (Wildman–Crippen MR) is 73.4 cm³/mol. The number of methoxy groups -OCH3 is 1. The molecule has 1 N–H and O–H groups in total. The number of hydrogen-bond acceptors (Lipinski definition) is 3. The summed E-state index contributed by atoms with van der Waals surface area (Å²) in [5.41, 5.74) is 2.06. The summed E-state index contributed by atoms with van der Waals surface area (Å²) in [6.07, 6.45) is 0. The molecule has 3 rings (SSSR count). The molecule has 0 atom stereocenters. The molecule has 4 heteroatoms. The van der Waals surface area contributed by atoms with E-state index in [0.717, 1.165) is 22.2 Å². The Morgan fingerprint density at radius 3 is 2.63 bits per heavy atom. The van der Waals surface area contributed by atoms with Gasteiger partial charge in [-0.1, -0.05) is 24.3 Å². The van der Waals surface area contributed by atoms with Crippen molar-refractivity contribution in [3.63, 3.8) is 0 Å². The van der Waals surface area contributed by atoms with Gasteiger partial charge in [0.15, 0.2) is 0 Å². The third-order valence-electron chi connectivity index (χ3n) is 2.97. The second-order valence-electron chi connectivity index (χ2n) is 4.21. The van der Waals surface area contributed by atoms with E-state index in [1.807, 2.05) is 48.5 Å². The minimum Gasteiger partial charge on any atom is -0.497 e. The van der Waals surface area contributed by atoms with Crippen molar-refractivity contribution in [1.82, 2.24) is 10.2 Å². The molecular formula is C15H14N2O2. The fraction of sp³-hybridized carbons (Fsp3) is 0.133. The molecule has 0 aliphatic heterocycles. The summed E-state index contributed by atoms with van der Waals surface area (Å²) in [4.78, 5) is 0. The molecule has 4 nitrogen and oxygen atoms in total. The van der Waals surface area contributed by atoms with Gasteiger partial charge in [0, 0.05) is 0 Å². The quantitative estimate of drug-likeness (QED) is 0.778. The lowest BCUT2D eigenvalue weighted by Crippen LogP contribution is -1.96. The highest BCUT2D eigenvalue weighted by molar-refractivity contribution is 5.83. The molecule has 0 saturated carbocycles. The van der Waals surface area contributed by atoms with Crippen molar-refractivity contribution in [2.75, 3.05) is 7.11 Å². The molecule has 3 aromatic rings. The number of nitrogens with one attached hydrogen (secondary N) is 1. The standard InChI is InChI=1S/C15H14N2O2/c1-18-12-8-6-11(7-9-12)10-19-15-13-4-2-3-5-14(13)16-17-15/h2-9H,10H2,1H3,(H,16,17). The Hall–Kier alpha value is -2.49. The Balaban J connectivity index is 1.74. The number of ether oxygens (including phenoxy) is 2. The molecule has 0 radical (unpaired) electrons. The largest absolute Gasteiger partial charge is 0.497 e. The van der Waals surface area contributed by atoms with Crippen LogP contribution in [0, 0.1) is 0 Å². The lowest BCUT2D eigenvalue weighted by molar-refractivity contribution is 0.296. The number of hydrogen-bond donors (Lipinski definition) is 1. The number of aromatic amines is 1. The van der Waals surface area contributed by atoms with Crippen molar-refractivity contribution >= 4 is 10.9 Å². The zero-order valence-corrected chi connectivity index (χ0v) is 10.6. The van der Waals surface area contributed by atoms with Crippen LogP contribution in [-0.4, -0.2) is 17.3 Å². The lowest BCUT2D eigenvalue weighted by Gasteiger charge is -2.04. The molecule has 1 heterocycles. The molecule has 0 saturated heterocycles. The van der Waals surface area contributed by atoms with Crippen molar-refractivity contribution < 1.29 is 9.47 Å². The fourth-order valence-corrected chi connectivity index (χ4v) is 1.92. The number of H-pyrrole nitrogens is 1. The van der Waals surface area contributed by atoms with Crippen LogP contribution in [0.15, 0.2) is 48.5 Å². The third kappa shape index (κ3) is 2.38. The van der Waals surface area contributed by atoms with Gasteiger partial charge in [-0.15, -0.1) is 5.10 Å². The molecule has 1 aromatic heterocycles.